The van der Waals surface area contributed by atoms with Gasteiger partial charge in [-0.15, -0.1) is 0 Å². The van der Waals surface area contributed by atoms with Crippen LogP contribution in [-0.2, 0) is 0 Å². The number of nitrogens with zero attached hydrogens (tertiary/aromatic N) is 1. The van der Waals surface area contributed by atoms with E-state index in [4.69, 9.17) is 0 Å². The number of rotatable bonds is 4. The number of anilines is 1. The minimum Gasteiger partial charge on any atom is -0.478 e. The Labute approximate surface area is 195 Å². The molecule has 0 atom stereocenters. The second kappa shape index (κ2) is 7.95. The van der Waals surface area contributed by atoms with Crippen LogP contribution in [0.4, 0.5) is 5.69 Å². The van der Waals surface area contributed by atoms with Gasteiger partial charge in [0.05, 0.1) is 22.4 Å². The van der Waals surface area contributed by atoms with Gasteiger partial charge in [-0.05, 0) is 42.5 Å². The molecule has 3 aromatic carbocycles. The van der Waals surface area contributed by atoms with Gasteiger partial charge in [-0.2, -0.15) is 0 Å². The Bertz CT molecular complexity index is 1260. The minimum absolute atomic E-state index is 0. The first-order chi connectivity index (χ1) is 14.2. The molecule has 1 aliphatic heterocycles. The molecule has 0 spiro atoms. The van der Waals surface area contributed by atoms with E-state index in [-0.39, 0.29) is 73.8 Å². The Kier molecular flexibility index (Phi) is 5.68. The average molecular weight is 428 g/mol. The van der Waals surface area contributed by atoms with Crippen LogP contribution in [0.3, 0.4) is 0 Å². The summed E-state index contributed by atoms with van der Waals surface area (Å²) in [7, 11) is 0. The fourth-order valence-corrected chi connectivity index (χ4v) is 3.55. The van der Waals surface area contributed by atoms with Crippen LogP contribution in [0.2, 0.25) is 0 Å². The SMILES string of the molecule is O=C(O)c1cccc(N2C(=O)c3ccc(C(=O)O)c4c(C(=O)O)ccc(c34)C2=O)c1.[Na]. The molecule has 3 N–H and O–H groups in total. The summed E-state index contributed by atoms with van der Waals surface area (Å²) < 4.78 is 0. The maximum atomic E-state index is 13.1. The van der Waals surface area contributed by atoms with Gasteiger partial charge in [0.2, 0.25) is 0 Å². The number of benzene rings is 3. The van der Waals surface area contributed by atoms with Crippen LogP contribution in [0, 0.1) is 0 Å². The number of amides is 2. The Morgan fingerprint density at radius 1 is 0.677 bits per heavy atom. The van der Waals surface area contributed by atoms with Crippen LogP contribution < -0.4 is 4.90 Å². The number of carboxylic acid groups (broad SMARTS) is 3. The molecule has 0 bridgehead atoms. The Morgan fingerprint density at radius 3 is 1.65 bits per heavy atom. The van der Waals surface area contributed by atoms with Gasteiger partial charge in [0, 0.05) is 51.5 Å². The first-order valence-electron chi connectivity index (χ1n) is 8.50. The van der Waals surface area contributed by atoms with Crippen molar-refractivity contribution in [1.82, 2.24) is 0 Å². The predicted molar refractivity (Wildman–Crippen MR) is 108 cm³/mol. The molecule has 31 heavy (non-hydrogen) atoms. The van der Waals surface area contributed by atoms with Crippen LogP contribution in [0.25, 0.3) is 10.8 Å². The molecule has 4 rings (SSSR count). The predicted octanol–water partition coefficient (Wildman–Crippen LogP) is 2.35. The van der Waals surface area contributed by atoms with E-state index in [9.17, 15) is 39.3 Å². The van der Waals surface area contributed by atoms with Gasteiger partial charge >= 0.3 is 17.9 Å². The van der Waals surface area contributed by atoms with Gasteiger partial charge in [-0.25, -0.2) is 19.3 Å². The van der Waals surface area contributed by atoms with E-state index in [1.807, 2.05) is 0 Å². The molecule has 1 radical (unpaired) electrons. The van der Waals surface area contributed by atoms with E-state index in [1.54, 1.807) is 0 Å². The third-order valence-electron chi connectivity index (χ3n) is 4.84. The maximum Gasteiger partial charge on any atom is 0.336 e. The second-order valence-corrected chi connectivity index (χ2v) is 6.48. The van der Waals surface area contributed by atoms with Crippen molar-refractivity contribution in [2.45, 2.75) is 0 Å². The molecule has 2 amide bonds. The van der Waals surface area contributed by atoms with Crippen molar-refractivity contribution >= 4 is 75.7 Å². The smallest absolute Gasteiger partial charge is 0.336 e. The molecule has 9 nitrogen and oxygen atoms in total. The Hall–Kier alpha value is -3.53. The summed E-state index contributed by atoms with van der Waals surface area (Å²) in [5.41, 5.74) is -0.938. The van der Waals surface area contributed by atoms with Crippen molar-refractivity contribution in [1.29, 1.82) is 0 Å². The van der Waals surface area contributed by atoms with Crippen LogP contribution in [0.5, 0.6) is 0 Å². The van der Waals surface area contributed by atoms with Gasteiger partial charge < -0.3 is 15.3 Å². The molecule has 0 aliphatic carbocycles. The van der Waals surface area contributed by atoms with Gasteiger partial charge in [0.25, 0.3) is 11.8 Å². The monoisotopic (exact) mass is 428 g/mol. The molecule has 1 heterocycles. The summed E-state index contributed by atoms with van der Waals surface area (Å²) in [6.07, 6.45) is 0. The van der Waals surface area contributed by atoms with Crippen molar-refractivity contribution in [3.8, 4) is 0 Å². The molecule has 149 valence electrons. The van der Waals surface area contributed by atoms with E-state index < -0.39 is 29.7 Å². The molecule has 1 aliphatic rings. The summed E-state index contributed by atoms with van der Waals surface area (Å²) in [5.74, 6) is -5.69. The number of carboxylic acids is 3. The van der Waals surface area contributed by atoms with Crippen LogP contribution >= 0.6 is 0 Å². The van der Waals surface area contributed by atoms with Crippen LogP contribution in [0.15, 0.2) is 48.5 Å². The van der Waals surface area contributed by atoms with Crippen LogP contribution in [0.1, 0.15) is 51.8 Å². The Balaban J connectivity index is 0.00000272. The van der Waals surface area contributed by atoms with E-state index in [2.05, 4.69) is 0 Å². The third-order valence-corrected chi connectivity index (χ3v) is 4.84. The number of aromatic carboxylic acids is 3. The van der Waals surface area contributed by atoms with Gasteiger partial charge in [0.15, 0.2) is 0 Å². The molecule has 0 aromatic heterocycles. The van der Waals surface area contributed by atoms with Crippen molar-refractivity contribution in [2.75, 3.05) is 4.90 Å². The topological polar surface area (TPSA) is 149 Å². The van der Waals surface area contributed by atoms with E-state index >= 15 is 0 Å². The Morgan fingerprint density at radius 2 is 1.19 bits per heavy atom. The quantitative estimate of drug-likeness (QED) is 0.423. The molecule has 0 saturated heterocycles. The number of carbonyl (C=O) groups is 5. The molecule has 0 fully saturated rings. The second-order valence-electron chi connectivity index (χ2n) is 6.48. The largest absolute Gasteiger partial charge is 0.478 e. The molecule has 3 aromatic rings. The molecule has 10 heteroatoms. The summed E-state index contributed by atoms with van der Waals surface area (Å²) in [5, 5.41) is 27.9. The van der Waals surface area contributed by atoms with Crippen molar-refractivity contribution < 1.29 is 39.3 Å². The fourth-order valence-electron chi connectivity index (χ4n) is 3.55. The average Bonchev–Trinajstić information content (AvgIpc) is 2.71. The molecular formula is C21H11NNaO8. The number of imide groups is 1. The summed E-state index contributed by atoms with van der Waals surface area (Å²) in [4.78, 5) is 61.6. The van der Waals surface area contributed by atoms with Crippen molar-refractivity contribution in [3.63, 3.8) is 0 Å². The summed E-state index contributed by atoms with van der Waals surface area (Å²) >= 11 is 0. The van der Waals surface area contributed by atoms with Crippen molar-refractivity contribution in [3.05, 3.63) is 76.3 Å². The van der Waals surface area contributed by atoms with Gasteiger partial charge in [-0.3, -0.25) is 9.59 Å². The first-order valence-corrected chi connectivity index (χ1v) is 8.50. The maximum absolute atomic E-state index is 13.1. The zero-order chi connectivity index (χ0) is 21.7. The van der Waals surface area contributed by atoms with Gasteiger partial charge in [0.1, 0.15) is 0 Å². The number of carbonyl (C=O) groups excluding carboxylic acids is 2. The van der Waals surface area contributed by atoms with E-state index in [1.165, 1.54) is 30.3 Å². The number of hydrogen-bond acceptors (Lipinski definition) is 5. The van der Waals surface area contributed by atoms with Crippen molar-refractivity contribution in [2.24, 2.45) is 0 Å². The zero-order valence-electron chi connectivity index (χ0n) is 15.9. The van der Waals surface area contributed by atoms with Gasteiger partial charge in [-0.1, -0.05) is 6.07 Å². The first kappa shape index (κ1) is 22.2. The van der Waals surface area contributed by atoms with E-state index in [0.717, 1.165) is 23.1 Å². The minimum atomic E-state index is -1.40. The standard InChI is InChI=1S/C21H11NO8.Na/c23-17-11-4-6-13(20(27)28)16-14(21(29)30)7-5-12(15(11)16)18(24)22(17)10-3-1-2-9(8-10)19(25)26;/h1-8H,(H,25,26)(H,27,28)(H,29,30);. The third kappa shape index (κ3) is 3.38. The molecule has 0 unspecified atom stereocenters. The summed E-state index contributed by atoms with van der Waals surface area (Å²) in [6.45, 7) is 0. The van der Waals surface area contributed by atoms with E-state index in [0.29, 0.717) is 0 Å². The number of hydrogen-bond donors (Lipinski definition) is 3. The fraction of sp³-hybridized carbons (Fsp3) is 0. The summed E-state index contributed by atoms with van der Waals surface area (Å²) in [6, 6.07) is 9.88. The zero-order valence-corrected chi connectivity index (χ0v) is 17.9. The normalized spacial score (nSPS) is 12.5. The molecular weight excluding hydrogens is 417 g/mol. The van der Waals surface area contributed by atoms with Crippen LogP contribution in [-0.4, -0.2) is 74.6 Å². The molecule has 0 saturated carbocycles.